The number of rotatable bonds is 18. The van der Waals surface area contributed by atoms with Crippen molar-refractivity contribution < 1.29 is 83.6 Å². The number of ketones is 2. The van der Waals surface area contributed by atoms with E-state index in [2.05, 4.69) is 33.5 Å². The van der Waals surface area contributed by atoms with Gasteiger partial charge >= 0.3 is 0 Å². The number of carbonyl (C=O) groups is 7. The van der Waals surface area contributed by atoms with Crippen molar-refractivity contribution in [3.8, 4) is 33.8 Å². The number of aliphatic hydroxyl groups excluding tert-OH is 7. The Morgan fingerprint density at radius 2 is 1.26 bits per heavy atom. The van der Waals surface area contributed by atoms with E-state index in [-0.39, 0.29) is 42.8 Å². The zero-order valence-corrected chi connectivity index (χ0v) is 51.0. The van der Waals surface area contributed by atoms with Gasteiger partial charge in [0.15, 0.2) is 5.78 Å². The molecule has 0 bridgehead atoms. The van der Waals surface area contributed by atoms with Gasteiger partial charge < -0.3 is 76.2 Å². The number of benzene rings is 4. The third kappa shape index (κ3) is 17.4. The maximum atomic E-state index is 14.9. The molecule has 7 rings (SSSR count). The zero-order chi connectivity index (χ0) is 64.3. The predicted octanol–water partition coefficient (Wildman–Crippen LogP) is 1.46. The van der Waals surface area contributed by atoms with Gasteiger partial charge in [-0.1, -0.05) is 87.4 Å². The topological polar surface area (TPSA) is 354 Å². The third-order valence-electron chi connectivity index (χ3n) is 17.0. The van der Waals surface area contributed by atoms with E-state index >= 15 is 0 Å². The normalized spacial score (nSPS) is 27.6. The first-order valence-electron chi connectivity index (χ1n) is 30.3. The summed E-state index contributed by atoms with van der Waals surface area (Å²) in [6.45, 7) is 6.92. The molecule has 4 aromatic rings. The third-order valence-corrected chi connectivity index (χ3v) is 17.0. The molecule has 0 aromatic heterocycles. The number of aliphatic hydroxyl groups is 7. The first-order valence-corrected chi connectivity index (χ1v) is 30.3. The van der Waals surface area contributed by atoms with Crippen molar-refractivity contribution >= 4 is 41.1 Å². The van der Waals surface area contributed by atoms with E-state index in [0.717, 1.165) is 59.1 Å². The van der Waals surface area contributed by atoms with Gasteiger partial charge in [-0.3, -0.25) is 38.9 Å². The summed E-state index contributed by atoms with van der Waals surface area (Å²) in [6, 6.07) is 19.8. The SMILES string of the molecule is CCCCCOc1ccc(-c2ccc(-c3ccc(C(=O)N[C@H]4C[C@@H](O)C(NCC[N+](C)(C)C)NC(=O)C5[C@@H](O)[C@@H](C)CN5C(=O)C([C@@H](C)O)NC(=O)C([C@H](O)[C@@H](O)c5ccc(O)cc5)CC(=O)C5C[C@@H](O)CC5C(=O)C([C@@H](C)O)NC4=O)cc3)cc2)cc1. The van der Waals surface area contributed by atoms with E-state index in [1.54, 1.807) is 19.1 Å². The second kappa shape index (κ2) is 30.3. The van der Waals surface area contributed by atoms with Crippen molar-refractivity contribution in [3.05, 3.63) is 108 Å². The summed E-state index contributed by atoms with van der Waals surface area (Å²) in [5, 5.41) is 104. The lowest BCUT2D eigenvalue weighted by molar-refractivity contribution is -0.869. The lowest BCUT2D eigenvalue weighted by Gasteiger charge is -2.34. The van der Waals surface area contributed by atoms with Gasteiger partial charge in [-0.15, -0.1) is 0 Å². The maximum absolute atomic E-state index is 14.9. The van der Waals surface area contributed by atoms with Crippen molar-refractivity contribution in [2.45, 2.75) is 146 Å². The molecule has 7 unspecified atom stereocenters. The number of hydrogen-bond donors (Lipinski definition) is 13. The predicted molar refractivity (Wildman–Crippen MR) is 324 cm³/mol. The monoisotopic (exact) mass is 1220 g/mol. The Hall–Kier alpha value is -7.19. The molecule has 3 fully saturated rings. The van der Waals surface area contributed by atoms with Crippen LogP contribution in [0.2, 0.25) is 0 Å². The summed E-state index contributed by atoms with van der Waals surface area (Å²) < 4.78 is 6.27. The number of phenolic OH excluding ortho intramolecular Hbond substituents is 1. The van der Waals surface area contributed by atoms with Gasteiger partial charge in [0, 0.05) is 49.2 Å². The van der Waals surface area contributed by atoms with Crippen molar-refractivity contribution in [2.24, 2.45) is 23.7 Å². The average Bonchev–Trinajstić information content (AvgIpc) is 2.08. The summed E-state index contributed by atoms with van der Waals surface area (Å²) in [7, 11) is 5.67. The summed E-state index contributed by atoms with van der Waals surface area (Å²) in [4.78, 5) is 104. The first kappa shape index (κ1) is 68.3. The van der Waals surface area contributed by atoms with Crippen molar-refractivity contribution in [2.75, 3.05) is 47.4 Å². The van der Waals surface area contributed by atoms with Crippen LogP contribution in [-0.2, 0) is 28.8 Å². The second-order valence-electron chi connectivity index (χ2n) is 24.9. The molecule has 1 saturated carbocycles. The van der Waals surface area contributed by atoms with Crippen molar-refractivity contribution in [3.63, 3.8) is 0 Å². The van der Waals surface area contributed by atoms with Crippen LogP contribution >= 0.6 is 0 Å². The summed E-state index contributed by atoms with van der Waals surface area (Å²) in [6.07, 6.45) is -12.8. The molecule has 88 heavy (non-hydrogen) atoms. The minimum Gasteiger partial charge on any atom is -0.508 e. The molecule has 23 nitrogen and oxygen atoms in total. The van der Waals surface area contributed by atoms with Crippen LogP contribution in [0.4, 0.5) is 0 Å². The molecule has 23 heteroatoms. The van der Waals surface area contributed by atoms with E-state index in [0.29, 0.717) is 17.6 Å². The first-order chi connectivity index (χ1) is 41.6. The minimum absolute atomic E-state index is 0.00737. The highest BCUT2D eigenvalue weighted by Crippen LogP contribution is 2.38. The Bertz CT molecular complexity index is 3030. The smallest absolute Gasteiger partial charge is 0.251 e. The molecule has 2 heterocycles. The van der Waals surface area contributed by atoms with Crippen LogP contribution in [-0.4, -0.2) is 206 Å². The number of fused-ring (bicyclic) bond motifs is 2. The molecule has 4 aromatic carbocycles. The van der Waals surface area contributed by atoms with Crippen molar-refractivity contribution in [1.82, 2.24) is 31.5 Å². The molecule has 0 spiro atoms. The number of quaternary nitrogens is 1. The van der Waals surface area contributed by atoms with Gasteiger partial charge in [0.1, 0.15) is 53.7 Å². The number of likely N-dealkylation sites (N-methyl/N-ethyl adjacent to an activating group) is 1. The van der Waals surface area contributed by atoms with Crippen LogP contribution in [0.3, 0.4) is 0 Å². The Balaban J connectivity index is 1.23. The number of Topliss-reactive ketones (excluding diaryl/α,β-unsaturated/α-hetero) is 2. The Morgan fingerprint density at radius 3 is 1.83 bits per heavy atom. The van der Waals surface area contributed by atoms with Crippen LogP contribution < -0.4 is 31.3 Å². The van der Waals surface area contributed by atoms with E-state index in [1.165, 1.54) is 43.3 Å². The molecule has 1 aliphatic carbocycles. The number of ether oxygens (including phenoxy) is 1. The highest BCUT2D eigenvalue weighted by Gasteiger charge is 2.51. The van der Waals surface area contributed by atoms with Gasteiger partial charge in [0.05, 0.1) is 76.8 Å². The lowest BCUT2D eigenvalue weighted by atomic mass is 9.80. The molecular formula is C65H88N7O16+. The standard InChI is InChI=1S/C65H87N7O16/c1-8-9-10-29-88-46-25-21-41(22-26-46)39-13-11-38(12-14-39)40-15-17-43(18-16-40)61(83)67-50-33-52(78)60(66-27-28-72(5,6)7)70-64(86)55-56(79)35(2)34-71(55)65(87)54(37(4)74)69-62(84)49(59(82)57(80)42-19-23-44(75)24-20-42)32-51(77)47-30-45(76)31-48(47)58(81)53(36(3)73)68-63(50)85/h11-26,35-37,45,47-50,52-57,59-60,66,73-74,76,78-80,82H,8-10,27-34H2,1-7H3,(H4-,67,68,69,70,75,83,84,85,86)/p+1/t35-,36+,37+,45+,47?,48?,49?,50-,52+,53?,54?,55?,56-,57-,59-,60?/m0/s1. The van der Waals surface area contributed by atoms with Crippen LogP contribution in [0.25, 0.3) is 22.3 Å². The van der Waals surface area contributed by atoms with Gasteiger partial charge in [0.25, 0.3) is 5.91 Å². The molecule has 478 valence electrons. The zero-order valence-electron chi connectivity index (χ0n) is 51.0. The molecule has 2 aliphatic heterocycles. The van der Waals surface area contributed by atoms with E-state index in [4.69, 9.17) is 4.74 Å². The van der Waals surface area contributed by atoms with Crippen LogP contribution in [0.1, 0.15) is 94.7 Å². The molecular weight excluding hydrogens is 1130 g/mol. The number of unbranched alkanes of at least 4 members (excludes halogenated alkanes) is 2. The fourth-order valence-electron chi connectivity index (χ4n) is 11.7. The number of hydrogen-bond acceptors (Lipinski definition) is 17. The Kier molecular flexibility index (Phi) is 23.6. The van der Waals surface area contributed by atoms with Gasteiger partial charge in [-0.05, 0) is 97.3 Å². The minimum atomic E-state index is -2.15. The molecule has 13 N–H and O–H groups in total. The lowest BCUT2D eigenvalue weighted by Crippen LogP contribution is -2.63. The van der Waals surface area contributed by atoms with Gasteiger partial charge in [0.2, 0.25) is 23.6 Å². The van der Waals surface area contributed by atoms with Crippen molar-refractivity contribution in [1.29, 1.82) is 0 Å². The quantitative estimate of drug-likeness (QED) is 0.0495. The highest BCUT2D eigenvalue weighted by atomic mass is 16.5. The molecule has 3 aliphatic rings. The van der Waals surface area contributed by atoms with Gasteiger partial charge in [-0.25, -0.2) is 0 Å². The number of phenols is 1. The summed E-state index contributed by atoms with van der Waals surface area (Å²) in [5.74, 6) is -12.0. The van der Waals surface area contributed by atoms with E-state index in [9.17, 15) is 74.4 Å². The maximum Gasteiger partial charge on any atom is 0.251 e. The number of nitrogens with one attached hydrogen (secondary N) is 5. The second-order valence-corrected chi connectivity index (χ2v) is 24.9. The van der Waals surface area contributed by atoms with Gasteiger partial charge in [-0.2, -0.15) is 0 Å². The number of amides is 5. The largest absolute Gasteiger partial charge is 0.508 e. The van der Waals surface area contributed by atoms with Crippen LogP contribution in [0.15, 0.2) is 97.1 Å². The molecule has 2 saturated heterocycles. The molecule has 0 radical (unpaired) electrons. The van der Waals surface area contributed by atoms with E-state index in [1.807, 2.05) is 69.7 Å². The Morgan fingerprint density at radius 1 is 0.705 bits per heavy atom. The van der Waals surface area contributed by atoms with Crippen LogP contribution in [0.5, 0.6) is 11.5 Å². The summed E-state index contributed by atoms with van der Waals surface area (Å²) >= 11 is 0. The van der Waals surface area contributed by atoms with E-state index < -0.39 is 151 Å². The summed E-state index contributed by atoms with van der Waals surface area (Å²) in [5.41, 5.74) is 3.61. The highest BCUT2D eigenvalue weighted by molar-refractivity contribution is 6.01. The fraction of sp³-hybridized carbons (Fsp3) is 0.523. The number of nitrogens with zero attached hydrogens (tertiary/aromatic N) is 2. The number of aromatic hydroxyl groups is 1. The molecule has 16 atom stereocenters. The van der Waals surface area contributed by atoms with Crippen LogP contribution in [0, 0.1) is 23.7 Å². The number of carbonyl (C=O) groups excluding carboxylic acids is 7. The average molecular weight is 1220 g/mol. The Labute approximate surface area is 513 Å². The fourth-order valence-corrected chi connectivity index (χ4v) is 11.7. The molecule has 5 amide bonds.